The number of methoxy groups -OCH3 is 1. The molecule has 0 radical (unpaired) electrons. The first-order chi connectivity index (χ1) is 19.2. The van der Waals surface area contributed by atoms with Gasteiger partial charge < -0.3 is 29.7 Å². The number of aromatic nitrogens is 2. The number of carbonyl (C=O) groups is 3. The second-order valence-electron chi connectivity index (χ2n) is 9.79. The normalized spacial score (nSPS) is 19.4. The first kappa shape index (κ1) is 27.3. The first-order valence-corrected chi connectivity index (χ1v) is 13.2. The number of rotatable bonds is 2. The van der Waals surface area contributed by atoms with Crippen LogP contribution in [-0.4, -0.2) is 71.4 Å². The van der Waals surface area contributed by atoms with Crippen LogP contribution >= 0.6 is 11.6 Å². The molecule has 0 spiro atoms. The molecule has 6 rings (SSSR count). The monoisotopic (exact) mass is 567 g/mol. The van der Waals surface area contributed by atoms with Gasteiger partial charge >= 0.3 is 0 Å². The van der Waals surface area contributed by atoms with E-state index in [9.17, 15) is 14.4 Å². The van der Waals surface area contributed by atoms with Crippen molar-refractivity contribution >= 4 is 29.3 Å². The molecule has 3 aliphatic rings. The number of hydrogen-bond acceptors (Lipinski definition) is 7. The van der Waals surface area contributed by atoms with Crippen molar-refractivity contribution in [1.29, 1.82) is 0 Å². The van der Waals surface area contributed by atoms with E-state index in [1.165, 1.54) is 4.68 Å². The summed E-state index contributed by atoms with van der Waals surface area (Å²) in [5, 5.41) is 10.3. The minimum absolute atomic E-state index is 0.156. The minimum atomic E-state index is -0.553. The molecule has 2 atom stereocenters. The van der Waals surface area contributed by atoms with E-state index in [2.05, 4.69) is 15.7 Å². The summed E-state index contributed by atoms with van der Waals surface area (Å²) < 4.78 is 19.1. The second kappa shape index (κ2) is 11.5. The fourth-order valence-corrected chi connectivity index (χ4v) is 5.06. The number of fused-ring (bicyclic) bond motifs is 7. The lowest BCUT2D eigenvalue weighted by Gasteiger charge is -2.38. The van der Waals surface area contributed by atoms with E-state index in [1.807, 2.05) is 13.0 Å². The zero-order chi connectivity index (χ0) is 28.4. The Morgan fingerprint density at radius 1 is 1.20 bits per heavy atom. The van der Waals surface area contributed by atoms with Gasteiger partial charge in [-0.25, -0.2) is 0 Å². The van der Waals surface area contributed by atoms with Crippen molar-refractivity contribution in [2.24, 2.45) is 7.05 Å². The number of halogens is 1. The van der Waals surface area contributed by atoms with Crippen molar-refractivity contribution in [3.8, 4) is 17.2 Å². The fourth-order valence-electron chi connectivity index (χ4n) is 4.80. The molecule has 210 valence electrons. The van der Waals surface area contributed by atoms with Gasteiger partial charge in [-0.15, -0.1) is 0 Å². The number of carbonyl (C=O) groups excluding carboxylic acids is 3. The molecule has 12 heteroatoms. The first-order valence-electron chi connectivity index (χ1n) is 12.8. The Bertz CT molecular complexity index is 1460. The van der Waals surface area contributed by atoms with Crippen LogP contribution in [0, 0.1) is 6.92 Å². The predicted molar refractivity (Wildman–Crippen MR) is 146 cm³/mol. The number of aryl methyl sites for hydroxylation is 2. The molecular formula is C28H30ClN5O6. The molecule has 2 N–H and O–H groups in total. The molecule has 3 aromatic rings. The van der Waals surface area contributed by atoms with Crippen LogP contribution in [0.5, 0.6) is 17.2 Å². The quantitative estimate of drug-likeness (QED) is 0.487. The van der Waals surface area contributed by atoms with Crippen molar-refractivity contribution in [2.45, 2.75) is 32.0 Å². The Morgan fingerprint density at radius 3 is 2.77 bits per heavy atom. The Labute approximate surface area is 236 Å². The summed E-state index contributed by atoms with van der Waals surface area (Å²) in [5.41, 5.74) is 2.05. The average Bonchev–Trinajstić information content (AvgIpc) is 3.29. The molecule has 3 amide bonds. The number of benzene rings is 2. The predicted octanol–water partition coefficient (Wildman–Crippen LogP) is 2.49. The van der Waals surface area contributed by atoms with E-state index < -0.39 is 12.1 Å². The van der Waals surface area contributed by atoms with E-state index in [4.69, 9.17) is 25.8 Å². The van der Waals surface area contributed by atoms with Crippen LogP contribution in [0.25, 0.3) is 0 Å². The molecule has 4 heterocycles. The molecule has 4 bridgehead atoms. The van der Waals surface area contributed by atoms with Gasteiger partial charge in [0.15, 0.2) is 12.3 Å². The summed E-state index contributed by atoms with van der Waals surface area (Å²) in [6.07, 6.45) is 1.57. The fraction of sp³-hybridized carbons (Fsp3) is 0.357. The summed E-state index contributed by atoms with van der Waals surface area (Å²) in [6.45, 7) is 2.43. The Morgan fingerprint density at radius 2 is 2.02 bits per heavy atom. The highest BCUT2D eigenvalue weighted by Crippen LogP contribution is 2.29. The van der Waals surface area contributed by atoms with E-state index >= 15 is 0 Å². The molecule has 0 aliphatic carbocycles. The largest absolute Gasteiger partial charge is 0.496 e. The summed E-state index contributed by atoms with van der Waals surface area (Å²) >= 11 is 6.24. The molecule has 1 saturated heterocycles. The highest BCUT2D eigenvalue weighted by molar-refractivity contribution is 6.33. The molecule has 40 heavy (non-hydrogen) atoms. The van der Waals surface area contributed by atoms with Crippen LogP contribution < -0.4 is 24.8 Å². The lowest BCUT2D eigenvalue weighted by molar-refractivity contribution is -0.123. The van der Waals surface area contributed by atoms with Gasteiger partial charge in [-0.05, 0) is 36.8 Å². The van der Waals surface area contributed by atoms with Crippen molar-refractivity contribution in [1.82, 2.24) is 25.3 Å². The Kier molecular flexibility index (Phi) is 7.83. The summed E-state index contributed by atoms with van der Waals surface area (Å²) in [6, 6.07) is 9.84. The van der Waals surface area contributed by atoms with Crippen LogP contribution in [0.1, 0.15) is 38.4 Å². The maximum Gasteiger partial charge on any atom is 0.275 e. The lowest BCUT2D eigenvalue weighted by atomic mass is 10.00. The number of amides is 3. The zero-order valence-electron chi connectivity index (χ0n) is 22.4. The summed E-state index contributed by atoms with van der Waals surface area (Å²) in [7, 11) is 3.24. The molecule has 2 aromatic carbocycles. The molecule has 0 saturated carbocycles. The van der Waals surface area contributed by atoms with Crippen LogP contribution in [0.3, 0.4) is 0 Å². The third-order valence-corrected chi connectivity index (χ3v) is 7.25. The maximum absolute atomic E-state index is 13.4. The van der Waals surface area contributed by atoms with Gasteiger partial charge in [0.2, 0.25) is 0 Å². The highest BCUT2D eigenvalue weighted by atomic mass is 35.5. The third kappa shape index (κ3) is 5.84. The van der Waals surface area contributed by atoms with Crippen LogP contribution in [0.4, 0.5) is 0 Å². The summed E-state index contributed by atoms with van der Waals surface area (Å²) in [4.78, 5) is 40.8. The van der Waals surface area contributed by atoms with E-state index in [-0.39, 0.29) is 48.1 Å². The number of nitrogens with zero attached hydrogens (tertiary/aromatic N) is 3. The zero-order valence-corrected chi connectivity index (χ0v) is 23.2. The van der Waals surface area contributed by atoms with Gasteiger partial charge in [0, 0.05) is 56.5 Å². The molecular weight excluding hydrogens is 538 g/mol. The van der Waals surface area contributed by atoms with Crippen LogP contribution in [0.15, 0.2) is 42.6 Å². The molecule has 11 nitrogen and oxygen atoms in total. The van der Waals surface area contributed by atoms with Crippen molar-refractivity contribution < 1.29 is 28.6 Å². The number of nitrogens with one attached hydrogen (secondary N) is 2. The summed E-state index contributed by atoms with van der Waals surface area (Å²) in [5.74, 6) is 0.500. The average molecular weight is 568 g/mol. The van der Waals surface area contributed by atoms with E-state index in [1.54, 1.807) is 55.6 Å². The van der Waals surface area contributed by atoms with Crippen molar-refractivity contribution in [2.75, 3.05) is 26.8 Å². The van der Waals surface area contributed by atoms with Gasteiger partial charge in [-0.2, -0.15) is 5.10 Å². The van der Waals surface area contributed by atoms with Gasteiger partial charge in [0.05, 0.1) is 18.2 Å². The van der Waals surface area contributed by atoms with E-state index in [0.29, 0.717) is 35.8 Å². The van der Waals surface area contributed by atoms with Gasteiger partial charge in [0.25, 0.3) is 17.7 Å². The minimum Gasteiger partial charge on any atom is -0.496 e. The number of hydrogen-bond donors (Lipinski definition) is 2. The smallest absolute Gasteiger partial charge is 0.275 e. The van der Waals surface area contributed by atoms with Gasteiger partial charge in [0.1, 0.15) is 23.4 Å². The maximum atomic E-state index is 13.4. The van der Waals surface area contributed by atoms with Crippen molar-refractivity contribution in [3.05, 3.63) is 70.0 Å². The number of likely N-dealkylation sites (tertiary alicyclic amines) is 1. The number of ether oxygens (including phenoxy) is 3. The van der Waals surface area contributed by atoms with Crippen LogP contribution in [-0.2, 0) is 18.4 Å². The topological polar surface area (TPSA) is 124 Å². The third-order valence-electron chi connectivity index (χ3n) is 6.97. The lowest BCUT2D eigenvalue weighted by Crippen LogP contribution is -2.58. The van der Waals surface area contributed by atoms with Crippen LogP contribution in [0.2, 0.25) is 5.02 Å². The molecule has 0 unspecified atom stereocenters. The Balaban J connectivity index is 1.47. The van der Waals surface area contributed by atoms with E-state index in [0.717, 1.165) is 11.1 Å². The Hall–Kier alpha value is -4.25. The SMILES string of the molecule is COc1cc2ccc1CNC(=O)COc1cc(ccc1C)C(=O)N[C@H]1CN(C(=O)c3nn(C)cc3Cl)CC[C@H]1O2. The van der Waals surface area contributed by atoms with Gasteiger partial charge in [-0.3, -0.25) is 19.1 Å². The number of piperidine rings is 1. The molecule has 1 aromatic heterocycles. The second-order valence-corrected chi connectivity index (χ2v) is 10.2. The molecule has 1 fully saturated rings. The van der Waals surface area contributed by atoms with Crippen molar-refractivity contribution in [3.63, 3.8) is 0 Å². The van der Waals surface area contributed by atoms with Gasteiger partial charge in [-0.1, -0.05) is 17.7 Å². The standard InChI is InChI=1S/C28H30ClN5O6/c1-16-4-5-17-10-23(16)39-15-25(35)30-12-18-6-7-19(11-24(18)38-3)40-22-8-9-34(14-21(22)31-27(17)36)28(37)26-20(29)13-33(2)32-26/h4-7,10-11,13,21-22H,8-9,12,14-15H2,1-3H3,(H,30,35)(H,31,36)/t21-,22+/m0/s1. The highest BCUT2D eigenvalue weighted by Gasteiger charge is 2.36. The molecule has 3 aliphatic heterocycles.